The number of hydrogen-bond donors (Lipinski definition) is 0. The van der Waals surface area contributed by atoms with Crippen molar-refractivity contribution in [1.29, 1.82) is 0 Å². The second-order valence-electron chi connectivity index (χ2n) is 3.66. The maximum atomic E-state index is 10.7. The van der Waals surface area contributed by atoms with Gasteiger partial charge in [-0.25, -0.2) is 4.79 Å². The Kier molecular flexibility index (Phi) is 2.61. The summed E-state index contributed by atoms with van der Waals surface area (Å²) in [5.41, 5.74) is 0.128. The van der Waals surface area contributed by atoms with Gasteiger partial charge >= 0.3 is 0 Å². The molecule has 1 fully saturated rings. The molecule has 5 nitrogen and oxygen atoms in total. The van der Waals surface area contributed by atoms with Gasteiger partial charge in [0.1, 0.15) is 0 Å². The van der Waals surface area contributed by atoms with Crippen LogP contribution in [0.15, 0.2) is 27.7 Å². The minimum absolute atomic E-state index is 0.00938. The molecule has 0 spiro atoms. The summed E-state index contributed by atoms with van der Waals surface area (Å²) in [6.45, 7) is 0. The largest absolute Gasteiger partial charge is 0.283 e. The molecule has 0 heterocycles. The Labute approximate surface area is 99.5 Å². The first-order valence-electron chi connectivity index (χ1n) is 4.62. The highest BCUT2D eigenvalue weighted by molar-refractivity contribution is 9.10. The van der Waals surface area contributed by atoms with Gasteiger partial charge in [-0.05, 0) is 40.4 Å². The van der Waals surface area contributed by atoms with Crippen molar-refractivity contribution in [2.75, 3.05) is 0 Å². The van der Waals surface area contributed by atoms with Gasteiger partial charge in [-0.1, -0.05) is 6.07 Å². The van der Waals surface area contributed by atoms with Crippen LogP contribution in [0, 0.1) is 10.1 Å². The Morgan fingerprint density at radius 1 is 1.50 bits per heavy atom. The van der Waals surface area contributed by atoms with Gasteiger partial charge in [0.15, 0.2) is 0 Å². The van der Waals surface area contributed by atoms with E-state index in [0.29, 0.717) is 10.0 Å². The molecule has 0 N–H and O–H groups in total. The molecule has 6 heteroatoms. The van der Waals surface area contributed by atoms with Gasteiger partial charge in [-0.2, -0.15) is 4.99 Å². The SMILES string of the molecule is O=C=NC1(c2ccc(Br)c([N+](=O)[O-])c2)CC1. The van der Waals surface area contributed by atoms with E-state index in [1.54, 1.807) is 12.1 Å². The van der Waals surface area contributed by atoms with Crippen LogP contribution in [0.5, 0.6) is 0 Å². The smallest absolute Gasteiger partial charge is 0.258 e. The summed E-state index contributed by atoms with van der Waals surface area (Å²) in [6.07, 6.45) is 3.00. The molecular formula is C10H7BrN2O3. The first kappa shape index (κ1) is 11.0. The molecule has 1 aromatic carbocycles. The third-order valence-corrected chi connectivity index (χ3v) is 3.33. The van der Waals surface area contributed by atoms with E-state index in [2.05, 4.69) is 20.9 Å². The van der Waals surface area contributed by atoms with Crippen molar-refractivity contribution in [3.8, 4) is 0 Å². The number of nitro benzene ring substituents is 1. The number of carbonyl (C=O) groups excluding carboxylic acids is 1. The van der Waals surface area contributed by atoms with Crippen LogP contribution in [0.3, 0.4) is 0 Å². The average molecular weight is 283 g/mol. The van der Waals surface area contributed by atoms with Crippen LogP contribution >= 0.6 is 15.9 Å². The normalized spacial score (nSPS) is 16.3. The van der Waals surface area contributed by atoms with Crippen molar-refractivity contribution in [2.45, 2.75) is 18.4 Å². The van der Waals surface area contributed by atoms with Crippen LogP contribution in [0.25, 0.3) is 0 Å². The quantitative estimate of drug-likeness (QED) is 0.370. The number of nitro groups is 1. The summed E-state index contributed by atoms with van der Waals surface area (Å²) in [5.74, 6) is 0. The molecule has 0 atom stereocenters. The number of rotatable bonds is 3. The van der Waals surface area contributed by atoms with Crippen molar-refractivity contribution >= 4 is 27.7 Å². The number of hydrogen-bond acceptors (Lipinski definition) is 4. The molecule has 2 rings (SSSR count). The minimum atomic E-state index is -0.562. The van der Waals surface area contributed by atoms with Crippen LogP contribution in [-0.4, -0.2) is 11.0 Å². The lowest BCUT2D eigenvalue weighted by molar-refractivity contribution is -0.385. The Morgan fingerprint density at radius 2 is 2.19 bits per heavy atom. The van der Waals surface area contributed by atoms with E-state index in [4.69, 9.17) is 0 Å². The van der Waals surface area contributed by atoms with E-state index in [9.17, 15) is 14.9 Å². The molecule has 0 aromatic heterocycles. The first-order chi connectivity index (χ1) is 7.59. The van der Waals surface area contributed by atoms with Gasteiger partial charge < -0.3 is 0 Å². The number of halogens is 1. The molecule has 16 heavy (non-hydrogen) atoms. The number of benzene rings is 1. The lowest BCUT2D eigenvalue weighted by Gasteiger charge is -2.07. The monoisotopic (exact) mass is 282 g/mol. The predicted octanol–water partition coefficient (Wildman–Crippen LogP) is 2.68. The second kappa shape index (κ2) is 3.81. The predicted molar refractivity (Wildman–Crippen MR) is 59.8 cm³/mol. The van der Waals surface area contributed by atoms with E-state index < -0.39 is 10.5 Å². The molecule has 0 aliphatic heterocycles. The third kappa shape index (κ3) is 1.77. The van der Waals surface area contributed by atoms with Crippen LogP contribution < -0.4 is 0 Å². The van der Waals surface area contributed by atoms with Gasteiger partial charge in [0.25, 0.3) is 5.69 Å². The van der Waals surface area contributed by atoms with E-state index in [1.807, 2.05) is 0 Å². The fourth-order valence-corrected chi connectivity index (χ4v) is 2.00. The minimum Gasteiger partial charge on any atom is -0.258 e. The van der Waals surface area contributed by atoms with Crippen LogP contribution in [0.1, 0.15) is 18.4 Å². The first-order valence-corrected chi connectivity index (χ1v) is 5.42. The Morgan fingerprint density at radius 3 is 2.69 bits per heavy atom. The van der Waals surface area contributed by atoms with Gasteiger partial charge in [0, 0.05) is 6.07 Å². The molecule has 0 saturated heterocycles. The lowest BCUT2D eigenvalue weighted by Crippen LogP contribution is -2.03. The highest BCUT2D eigenvalue weighted by atomic mass is 79.9. The van der Waals surface area contributed by atoms with Gasteiger partial charge in [-0.15, -0.1) is 0 Å². The molecule has 1 aliphatic carbocycles. The molecule has 1 aromatic rings. The molecule has 82 valence electrons. The fraction of sp³-hybridized carbons (Fsp3) is 0.300. The Bertz CT molecular complexity index is 505. The standard InChI is InChI=1S/C10H7BrN2O3/c11-8-2-1-7(5-9(8)13(15)16)10(3-4-10)12-6-14/h1-2,5H,3-4H2. The lowest BCUT2D eigenvalue weighted by atomic mass is 10.1. The van der Waals surface area contributed by atoms with Crippen LogP contribution in [0.2, 0.25) is 0 Å². The summed E-state index contributed by atoms with van der Waals surface area (Å²) in [4.78, 5) is 24.3. The molecular weight excluding hydrogens is 276 g/mol. The van der Waals surface area contributed by atoms with E-state index in [0.717, 1.165) is 12.8 Å². The zero-order chi connectivity index (χ0) is 11.8. The highest BCUT2D eigenvalue weighted by Gasteiger charge is 2.45. The maximum Gasteiger partial charge on any atom is 0.283 e. The molecule has 0 amide bonds. The third-order valence-electron chi connectivity index (χ3n) is 2.66. The number of nitrogens with zero attached hydrogens (tertiary/aromatic N) is 2. The molecule has 0 bridgehead atoms. The van der Waals surface area contributed by atoms with Crippen LogP contribution in [0.4, 0.5) is 5.69 Å². The van der Waals surface area contributed by atoms with Crippen molar-refractivity contribution in [3.05, 3.63) is 38.3 Å². The van der Waals surface area contributed by atoms with Crippen molar-refractivity contribution in [1.82, 2.24) is 0 Å². The molecule has 0 radical (unpaired) electrons. The zero-order valence-corrected chi connectivity index (χ0v) is 9.73. The fourth-order valence-electron chi connectivity index (χ4n) is 1.61. The van der Waals surface area contributed by atoms with Crippen LogP contribution in [-0.2, 0) is 10.3 Å². The highest BCUT2D eigenvalue weighted by Crippen LogP contribution is 2.50. The topological polar surface area (TPSA) is 72.6 Å². The Hall–Kier alpha value is -1.52. The zero-order valence-electron chi connectivity index (χ0n) is 8.14. The van der Waals surface area contributed by atoms with Crippen molar-refractivity contribution in [3.63, 3.8) is 0 Å². The van der Waals surface area contributed by atoms with E-state index in [-0.39, 0.29) is 5.69 Å². The summed E-state index contributed by atoms with van der Waals surface area (Å²) >= 11 is 3.11. The van der Waals surface area contributed by atoms with Gasteiger partial charge in [0.05, 0.1) is 14.9 Å². The molecule has 1 saturated carbocycles. The summed E-state index contributed by atoms with van der Waals surface area (Å²) < 4.78 is 0.423. The Balaban J connectivity index is 2.48. The van der Waals surface area contributed by atoms with Crippen molar-refractivity contribution in [2.24, 2.45) is 4.99 Å². The summed E-state index contributed by atoms with van der Waals surface area (Å²) in [7, 11) is 0. The van der Waals surface area contributed by atoms with Gasteiger partial charge in [0.2, 0.25) is 6.08 Å². The van der Waals surface area contributed by atoms with Gasteiger partial charge in [-0.3, -0.25) is 10.1 Å². The average Bonchev–Trinajstić information content (AvgIpc) is 2.99. The summed E-state index contributed by atoms with van der Waals surface area (Å²) in [5, 5.41) is 10.7. The van der Waals surface area contributed by atoms with E-state index >= 15 is 0 Å². The summed E-state index contributed by atoms with van der Waals surface area (Å²) in [6, 6.07) is 4.80. The number of aliphatic imine (C=N–C) groups is 1. The molecule has 0 unspecified atom stereocenters. The van der Waals surface area contributed by atoms with E-state index in [1.165, 1.54) is 12.1 Å². The maximum absolute atomic E-state index is 10.7. The van der Waals surface area contributed by atoms with Crippen molar-refractivity contribution < 1.29 is 9.72 Å². The molecule has 1 aliphatic rings. The number of isocyanates is 1. The second-order valence-corrected chi connectivity index (χ2v) is 4.51.